The Hall–Kier alpha value is -1.86. The maximum absolute atomic E-state index is 11.4. The minimum Gasteiger partial charge on any atom is -0.396 e. The van der Waals surface area contributed by atoms with Crippen molar-refractivity contribution in [3.8, 4) is 0 Å². The largest absolute Gasteiger partial charge is 0.396 e. The Morgan fingerprint density at radius 2 is 2.22 bits per heavy atom. The van der Waals surface area contributed by atoms with Gasteiger partial charge in [0, 0.05) is 12.2 Å². The fourth-order valence-electron chi connectivity index (χ4n) is 1.70. The highest BCUT2D eigenvalue weighted by molar-refractivity contribution is 7.91. The topological polar surface area (TPSA) is 105 Å². The molecule has 0 aliphatic carbocycles. The Morgan fingerprint density at radius 3 is 2.94 bits per heavy atom. The number of amidine groups is 1. The summed E-state index contributed by atoms with van der Waals surface area (Å²) in [7, 11) is -3.74. The van der Waals surface area contributed by atoms with Gasteiger partial charge in [-0.2, -0.15) is 8.42 Å². The Bertz CT molecular complexity index is 620. The number of aliphatic hydroxyl groups excluding tert-OH is 1. The molecule has 1 aromatic rings. The summed E-state index contributed by atoms with van der Waals surface area (Å²) in [5.41, 5.74) is 7.40. The van der Waals surface area contributed by atoms with Crippen LogP contribution < -0.4 is 10.5 Å². The molecular formula is C11H13N3O3S. The molecule has 4 N–H and O–H groups in total. The Kier molecular flexibility index (Phi) is 3.35. The number of benzene rings is 1. The average molecular weight is 267 g/mol. The summed E-state index contributed by atoms with van der Waals surface area (Å²) in [5, 5.41) is 8.71. The van der Waals surface area contributed by atoms with Gasteiger partial charge in [0.05, 0.1) is 5.69 Å². The summed E-state index contributed by atoms with van der Waals surface area (Å²) in [6.45, 7) is 0.0573. The highest BCUT2D eigenvalue weighted by Crippen LogP contribution is 2.26. The van der Waals surface area contributed by atoms with Gasteiger partial charge in [-0.05, 0) is 18.1 Å². The number of aliphatic hydroxyl groups is 1. The zero-order chi connectivity index (χ0) is 13.2. The predicted molar refractivity (Wildman–Crippen MR) is 70.4 cm³/mol. The zero-order valence-electron chi connectivity index (χ0n) is 9.50. The first kappa shape index (κ1) is 12.6. The van der Waals surface area contributed by atoms with E-state index in [-0.39, 0.29) is 12.4 Å². The lowest BCUT2D eigenvalue weighted by Crippen LogP contribution is -2.27. The molecule has 1 aliphatic heterocycles. The molecule has 6 nitrogen and oxygen atoms in total. The number of fused-ring (bicyclic) bond motifs is 1. The van der Waals surface area contributed by atoms with Gasteiger partial charge in [-0.15, -0.1) is 4.40 Å². The lowest BCUT2D eigenvalue weighted by Gasteiger charge is -2.17. The SMILES string of the molecule is NC1=NS(=O)(=O)Nc2cccc(C=CCCO)c21. The van der Waals surface area contributed by atoms with Crippen LogP contribution in [0.1, 0.15) is 17.5 Å². The van der Waals surface area contributed by atoms with Crippen molar-refractivity contribution in [2.24, 2.45) is 10.1 Å². The maximum atomic E-state index is 11.4. The number of anilines is 1. The summed E-state index contributed by atoms with van der Waals surface area (Å²) in [6.07, 6.45) is 4.08. The lowest BCUT2D eigenvalue weighted by atomic mass is 10.0. The third-order valence-electron chi connectivity index (χ3n) is 2.40. The molecular weight excluding hydrogens is 254 g/mol. The van der Waals surface area contributed by atoms with Gasteiger partial charge in [-0.1, -0.05) is 24.3 Å². The molecule has 0 saturated carbocycles. The van der Waals surface area contributed by atoms with Crippen LogP contribution in [-0.2, 0) is 10.2 Å². The van der Waals surface area contributed by atoms with Crippen molar-refractivity contribution in [3.63, 3.8) is 0 Å². The molecule has 18 heavy (non-hydrogen) atoms. The van der Waals surface area contributed by atoms with Gasteiger partial charge in [0.15, 0.2) is 0 Å². The van der Waals surface area contributed by atoms with Gasteiger partial charge in [-0.3, -0.25) is 4.72 Å². The third kappa shape index (κ3) is 2.52. The Labute approximate surface area is 105 Å². The van der Waals surface area contributed by atoms with Gasteiger partial charge in [-0.25, -0.2) is 0 Å². The molecule has 0 unspecified atom stereocenters. The number of nitrogens with one attached hydrogen (secondary N) is 1. The number of hydrogen-bond acceptors (Lipinski definition) is 4. The van der Waals surface area contributed by atoms with Crippen LogP contribution >= 0.6 is 0 Å². The van der Waals surface area contributed by atoms with Crippen molar-refractivity contribution in [1.29, 1.82) is 0 Å². The first-order valence-electron chi connectivity index (χ1n) is 5.32. The van der Waals surface area contributed by atoms with Crippen LogP contribution in [0.2, 0.25) is 0 Å². The standard InChI is InChI=1S/C11H13N3O3S/c12-11-10-8(4-1-2-7-15)5-3-6-9(10)13-18(16,17)14-11/h1,3-6,13,15H,2,7H2,(H2,12,14). The van der Waals surface area contributed by atoms with Gasteiger partial charge in [0.1, 0.15) is 5.84 Å². The van der Waals surface area contributed by atoms with Gasteiger partial charge < -0.3 is 10.8 Å². The minimum atomic E-state index is -3.74. The fraction of sp³-hybridized carbons (Fsp3) is 0.182. The van der Waals surface area contributed by atoms with E-state index >= 15 is 0 Å². The summed E-state index contributed by atoms with van der Waals surface area (Å²) in [6, 6.07) is 5.14. The molecule has 7 heteroatoms. The highest BCUT2D eigenvalue weighted by atomic mass is 32.2. The molecule has 1 aromatic carbocycles. The molecule has 1 heterocycles. The van der Waals surface area contributed by atoms with Crippen LogP contribution in [0, 0.1) is 0 Å². The molecule has 0 spiro atoms. The van der Waals surface area contributed by atoms with E-state index < -0.39 is 10.2 Å². The third-order valence-corrected chi connectivity index (χ3v) is 3.32. The average Bonchev–Trinajstić information content (AvgIpc) is 2.27. The monoisotopic (exact) mass is 267 g/mol. The Morgan fingerprint density at radius 1 is 1.44 bits per heavy atom. The maximum Gasteiger partial charge on any atom is 0.344 e. The number of nitrogens with two attached hydrogens (primary N) is 1. The molecule has 2 rings (SSSR count). The van der Waals surface area contributed by atoms with Gasteiger partial charge >= 0.3 is 10.2 Å². The minimum absolute atomic E-state index is 0.0343. The summed E-state index contributed by atoms with van der Waals surface area (Å²) in [4.78, 5) is 0. The molecule has 0 fully saturated rings. The van der Waals surface area contributed by atoms with Gasteiger partial charge in [0.25, 0.3) is 0 Å². The molecule has 96 valence electrons. The zero-order valence-corrected chi connectivity index (χ0v) is 10.3. The van der Waals surface area contributed by atoms with Crippen molar-refractivity contribution in [2.75, 3.05) is 11.3 Å². The van der Waals surface area contributed by atoms with Crippen molar-refractivity contribution >= 4 is 27.8 Å². The van der Waals surface area contributed by atoms with Crippen LogP contribution in [0.25, 0.3) is 6.08 Å². The highest BCUT2D eigenvalue weighted by Gasteiger charge is 2.22. The van der Waals surface area contributed by atoms with Gasteiger partial charge in [0.2, 0.25) is 0 Å². The van der Waals surface area contributed by atoms with E-state index in [4.69, 9.17) is 10.8 Å². The van der Waals surface area contributed by atoms with Crippen LogP contribution in [0.5, 0.6) is 0 Å². The first-order chi connectivity index (χ1) is 8.53. The van der Waals surface area contributed by atoms with E-state index in [1.807, 2.05) is 0 Å². The molecule has 0 atom stereocenters. The van der Waals surface area contributed by atoms with Crippen molar-refractivity contribution in [3.05, 3.63) is 35.4 Å². The number of nitrogens with zero attached hydrogens (tertiary/aromatic N) is 1. The van der Waals surface area contributed by atoms with Crippen LogP contribution in [-0.4, -0.2) is 26.0 Å². The fourth-order valence-corrected chi connectivity index (χ4v) is 2.55. The summed E-state index contributed by atoms with van der Waals surface area (Å²) < 4.78 is 28.5. The predicted octanol–water partition coefficient (Wildman–Crippen LogP) is 0.458. The van der Waals surface area contributed by atoms with E-state index in [2.05, 4.69) is 9.12 Å². The van der Waals surface area contributed by atoms with E-state index in [1.54, 1.807) is 30.4 Å². The number of rotatable bonds is 3. The number of hydrogen-bond donors (Lipinski definition) is 3. The molecule has 0 aromatic heterocycles. The quantitative estimate of drug-likeness (QED) is 0.739. The van der Waals surface area contributed by atoms with E-state index in [9.17, 15) is 8.42 Å². The van der Waals surface area contributed by atoms with E-state index in [1.165, 1.54) is 0 Å². The second kappa shape index (κ2) is 4.79. The second-order valence-electron chi connectivity index (χ2n) is 3.74. The normalized spacial score (nSPS) is 17.1. The van der Waals surface area contributed by atoms with Crippen molar-refractivity contribution < 1.29 is 13.5 Å². The molecule has 0 bridgehead atoms. The van der Waals surface area contributed by atoms with Crippen LogP contribution in [0.3, 0.4) is 0 Å². The smallest absolute Gasteiger partial charge is 0.344 e. The molecule has 0 saturated heterocycles. The Balaban J connectivity index is 2.49. The molecule has 0 amide bonds. The summed E-state index contributed by atoms with van der Waals surface area (Å²) >= 11 is 0. The first-order valence-corrected chi connectivity index (χ1v) is 6.76. The second-order valence-corrected chi connectivity index (χ2v) is 5.07. The van der Waals surface area contributed by atoms with E-state index in [0.717, 1.165) is 5.56 Å². The molecule has 1 aliphatic rings. The van der Waals surface area contributed by atoms with Crippen molar-refractivity contribution in [1.82, 2.24) is 0 Å². The van der Waals surface area contributed by atoms with Crippen LogP contribution in [0.4, 0.5) is 5.69 Å². The van der Waals surface area contributed by atoms with Crippen LogP contribution in [0.15, 0.2) is 28.7 Å². The summed E-state index contributed by atoms with van der Waals surface area (Å²) in [5.74, 6) is -0.0343. The lowest BCUT2D eigenvalue weighted by molar-refractivity contribution is 0.303. The van der Waals surface area contributed by atoms with Crippen molar-refractivity contribution in [2.45, 2.75) is 6.42 Å². The molecule has 0 radical (unpaired) electrons. The van der Waals surface area contributed by atoms with E-state index in [0.29, 0.717) is 17.7 Å².